The number of hydrogen-bond acceptors (Lipinski definition) is 10. The molecule has 1 saturated heterocycles. The van der Waals surface area contributed by atoms with Crippen molar-refractivity contribution in [1.82, 2.24) is 0 Å². The number of hydrogen-bond donors (Lipinski definition) is 1. The van der Waals surface area contributed by atoms with Gasteiger partial charge in [0.1, 0.15) is 18.9 Å². The normalized spacial score (nSPS) is 29.3. The zero-order valence-electron chi connectivity index (χ0n) is 13.8. The minimum Gasteiger partial charge on any atom is -0.463 e. The van der Waals surface area contributed by atoms with E-state index in [0.717, 1.165) is 20.8 Å². The van der Waals surface area contributed by atoms with Crippen LogP contribution in [0.4, 0.5) is 0 Å². The van der Waals surface area contributed by atoms with E-state index in [1.54, 1.807) is 0 Å². The van der Waals surface area contributed by atoms with Crippen molar-refractivity contribution in [3.8, 4) is 0 Å². The Labute approximate surface area is 138 Å². The maximum atomic E-state index is 11.4. The number of rotatable bonds is 5. The van der Waals surface area contributed by atoms with Gasteiger partial charge >= 0.3 is 23.9 Å². The lowest BCUT2D eigenvalue weighted by Crippen LogP contribution is -2.64. The number of nitrogens with two attached hydrogens (primary N) is 1. The maximum absolute atomic E-state index is 11.4. The van der Waals surface area contributed by atoms with Crippen LogP contribution in [0.15, 0.2) is 0 Å². The molecule has 0 aromatic rings. The molecule has 0 aromatic heterocycles. The molecule has 5 atom stereocenters. The Hall–Kier alpha value is -2.20. The highest BCUT2D eigenvalue weighted by atomic mass is 16.7. The Morgan fingerprint density at radius 2 is 1.25 bits per heavy atom. The molecule has 0 aromatic carbocycles. The number of carbonyl (C=O) groups excluding carboxylic acids is 4. The second kappa shape index (κ2) is 8.60. The molecular weight excluding hydrogens is 326 g/mol. The van der Waals surface area contributed by atoms with Crippen LogP contribution in [-0.4, -0.2) is 61.1 Å². The minimum atomic E-state index is -1.21. The third-order valence-electron chi connectivity index (χ3n) is 3.03. The highest BCUT2D eigenvalue weighted by molar-refractivity contribution is 5.68. The van der Waals surface area contributed by atoms with Crippen LogP contribution in [0.5, 0.6) is 0 Å². The quantitative estimate of drug-likeness (QED) is 0.487. The summed E-state index contributed by atoms with van der Waals surface area (Å²) in [6, 6.07) is 0. The van der Waals surface area contributed by atoms with Crippen LogP contribution in [0.25, 0.3) is 0 Å². The highest BCUT2D eigenvalue weighted by Crippen LogP contribution is 2.27. The van der Waals surface area contributed by atoms with Crippen LogP contribution in [-0.2, 0) is 42.9 Å². The molecular formula is C14H21NO9. The van der Waals surface area contributed by atoms with Gasteiger partial charge in [0.15, 0.2) is 18.3 Å². The van der Waals surface area contributed by atoms with Crippen LogP contribution >= 0.6 is 0 Å². The summed E-state index contributed by atoms with van der Waals surface area (Å²) >= 11 is 0. The largest absolute Gasteiger partial charge is 0.463 e. The average molecular weight is 347 g/mol. The van der Waals surface area contributed by atoms with Crippen molar-refractivity contribution in [2.24, 2.45) is 5.73 Å². The van der Waals surface area contributed by atoms with E-state index in [9.17, 15) is 19.2 Å². The number of esters is 4. The first-order valence-electron chi connectivity index (χ1n) is 7.18. The van der Waals surface area contributed by atoms with Crippen LogP contribution in [0.3, 0.4) is 0 Å². The van der Waals surface area contributed by atoms with Gasteiger partial charge in [0.05, 0.1) is 0 Å². The molecule has 0 aliphatic carbocycles. The molecule has 1 aliphatic heterocycles. The van der Waals surface area contributed by atoms with E-state index in [1.807, 2.05) is 0 Å². The molecule has 0 amide bonds. The summed E-state index contributed by atoms with van der Waals surface area (Å²) in [4.78, 5) is 45.0. The Balaban J connectivity index is 3.11. The Morgan fingerprint density at radius 1 is 0.792 bits per heavy atom. The molecule has 0 spiro atoms. The Kier molecular flexibility index (Phi) is 7.11. The molecule has 10 nitrogen and oxygen atoms in total. The second-order valence-corrected chi connectivity index (χ2v) is 5.16. The SMILES string of the molecule is CC(=O)OCC1O[C@@H](N)C(OC(C)=O)[C@@H](OC(C)=O)[C@@H]1OC(C)=O. The van der Waals surface area contributed by atoms with Gasteiger partial charge in [0, 0.05) is 27.7 Å². The van der Waals surface area contributed by atoms with Gasteiger partial charge in [0.2, 0.25) is 0 Å². The topological polar surface area (TPSA) is 140 Å². The first kappa shape index (κ1) is 19.8. The standard InChI is InChI=1S/C14H21NO9/c1-6(16)20-5-10-11(21-7(2)17)12(22-8(3)18)13(14(15)24-10)23-9(4)19/h10-14H,5,15H2,1-4H3/t10?,11-,12+,13?,14-/m1/s1. The van der Waals surface area contributed by atoms with E-state index in [2.05, 4.69) is 0 Å². The molecule has 2 unspecified atom stereocenters. The molecule has 136 valence electrons. The van der Waals surface area contributed by atoms with Crippen molar-refractivity contribution in [2.45, 2.75) is 58.3 Å². The van der Waals surface area contributed by atoms with E-state index in [4.69, 9.17) is 29.4 Å². The van der Waals surface area contributed by atoms with E-state index in [0.29, 0.717) is 0 Å². The number of carbonyl (C=O) groups is 4. The molecule has 2 N–H and O–H groups in total. The van der Waals surface area contributed by atoms with Crippen LogP contribution < -0.4 is 5.73 Å². The number of ether oxygens (including phenoxy) is 5. The van der Waals surface area contributed by atoms with Crippen molar-refractivity contribution in [2.75, 3.05) is 6.61 Å². The predicted octanol–water partition coefficient (Wildman–Crippen LogP) is -0.972. The lowest BCUT2D eigenvalue weighted by Gasteiger charge is -2.43. The van der Waals surface area contributed by atoms with E-state index >= 15 is 0 Å². The first-order valence-corrected chi connectivity index (χ1v) is 7.18. The first-order chi connectivity index (χ1) is 11.1. The predicted molar refractivity (Wildman–Crippen MR) is 76.1 cm³/mol. The van der Waals surface area contributed by atoms with Crippen molar-refractivity contribution in [3.63, 3.8) is 0 Å². The van der Waals surface area contributed by atoms with Gasteiger partial charge < -0.3 is 29.4 Å². The molecule has 1 aliphatic rings. The lowest BCUT2D eigenvalue weighted by molar-refractivity contribution is -0.251. The van der Waals surface area contributed by atoms with Gasteiger partial charge in [-0.25, -0.2) is 0 Å². The highest BCUT2D eigenvalue weighted by Gasteiger charge is 2.51. The molecule has 24 heavy (non-hydrogen) atoms. The van der Waals surface area contributed by atoms with Gasteiger partial charge in [-0.3, -0.25) is 19.2 Å². The Morgan fingerprint density at radius 3 is 1.71 bits per heavy atom. The fourth-order valence-corrected chi connectivity index (χ4v) is 2.26. The summed E-state index contributed by atoms with van der Waals surface area (Å²) in [5.74, 6) is -2.66. The molecule has 0 radical (unpaired) electrons. The van der Waals surface area contributed by atoms with Crippen molar-refractivity contribution in [3.05, 3.63) is 0 Å². The van der Waals surface area contributed by atoms with Gasteiger partial charge in [-0.05, 0) is 0 Å². The summed E-state index contributed by atoms with van der Waals surface area (Å²) in [6.07, 6.45) is -5.74. The minimum absolute atomic E-state index is 0.286. The van der Waals surface area contributed by atoms with Gasteiger partial charge in [-0.1, -0.05) is 0 Å². The zero-order valence-corrected chi connectivity index (χ0v) is 13.8. The zero-order chi connectivity index (χ0) is 18.4. The van der Waals surface area contributed by atoms with Gasteiger partial charge in [-0.15, -0.1) is 0 Å². The molecule has 0 bridgehead atoms. The third kappa shape index (κ3) is 5.78. The lowest BCUT2D eigenvalue weighted by atomic mass is 9.97. The Bertz CT molecular complexity index is 506. The molecule has 1 rings (SSSR count). The summed E-state index contributed by atoms with van der Waals surface area (Å²) < 4.78 is 25.6. The smallest absolute Gasteiger partial charge is 0.303 e. The summed E-state index contributed by atoms with van der Waals surface area (Å²) in [7, 11) is 0. The summed E-state index contributed by atoms with van der Waals surface area (Å²) in [5, 5.41) is 0. The van der Waals surface area contributed by atoms with Crippen LogP contribution in [0, 0.1) is 0 Å². The van der Waals surface area contributed by atoms with Crippen LogP contribution in [0.1, 0.15) is 27.7 Å². The second-order valence-electron chi connectivity index (χ2n) is 5.16. The maximum Gasteiger partial charge on any atom is 0.303 e. The van der Waals surface area contributed by atoms with E-state index in [-0.39, 0.29) is 6.61 Å². The summed E-state index contributed by atoms with van der Waals surface area (Å²) in [6.45, 7) is 4.32. The molecule has 10 heteroatoms. The van der Waals surface area contributed by atoms with Crippen molar-refractivity contribution < 1.29 is 42.9 Å². The molecule has 1 fully saturated rings. The monoisotopic (exact) mass is 347 g/mol. The fourth-order valence-electron chi connectivity index (χ4n) is 2.26. The molecule has 1 heterocycles. The van der Waals surface area contributed by atoms with E-state index in [1.165, 1.54) is 6.92 Å². The average Bonchev–Trinajstić information content (AvgIpc) is 2.42. The van der Waals surface area contributed by atoms with Crippen LogP contribution in [0.2, 0.25) is 0 Å². The van der Waals surface area contributed by atoms with Crippen molar-refractivity contribution in [1.29, 1.82) is 0 Å². The fraction of sp³-hybridized carbons (Fsp3) is 0.714. The van der Waals surface area contributed by atoms with E-state index < -0.39 is 54.5 Å². The summed E-state index contributed by atoms with van der Waals surface area (Å²) in [5.41, 5.74) is 5.81. The molecule has 0 saturated carbocycles. The van der Waals surface area contributed by atoms with Gasteiger partial charge in [-0.2, -0.15) is 0 Å². The van der Waals surface area contributed by atoms with Gasteiger partial charge in [0.25, 0.3) is 0 Å². The van der Waals surface area contributed by atoms with Crippen molar-refractivity contribution >= 4 is 23.9 Å². The third-order valence-corrected chi connectivity index (χ3v) is 3.03.